The molecule has 0 aliphatic heterocycles. The molecule has 0 fully saturated rings. The molecule has 1 heterocycles. The van der Waals surface area contributed by atoms with Crippen LogP contribution in [0.15, 0.2) is 96.0 Å². The molecule has 1 aromatic heterocycles. The number of rotatable bonds is 6. The van der Waals surface area contributed by atoms with E-state index >= 15 is 0 Å². The predicted molar refractivity (Wildman–Crippen MR) is 114 cm³/mol. The minimum atomic E-state index is -3.78. The highest BCUT2D eigenvalue weighted by molar-refractivity contribution is 7.89. The molecule has 1 N–H and O–H groups in total. The topological polar surface area (TPSA) is 87.8 Å². The second-order valence-corrected chi connectivity index (χ2v) is 8.38. The van der Waals surface area contributed by atoms with Crippen molar-refractivity contribution in [2.45, 2.75) is 11.4 Å². The summed E-state index contributed by atoms with van der Waals surface area (Å²) in [5.41, 5.74) is 3.51. The summed E-state index contributed by atoms with van der Waals surface area (Å²) in [5.74, 6) is 0. The van der Waals surface area contributed by atoms with Crippen molar-refractivity contribution in [3.8, 4) is 23.0 Å². The Morgan fingerprint density at radius 2 is 1.63 bits per heavy atom. The van der Waals surface area contributed by atoms with Crippen molar-refractivity contribution in [2.75, 3.05) is 0 Å². The van der Waals surface area contributed by atoms with E-state index in [1.165, 1.54) is 12.1 Å². The third-order valence-corrected chi connectivity index (χ3v) is 5.98. The summed E-state index contributed by atoms with van der Waals surface area (Å²) in [6.45, 7) is 0.0657. The number of benzene rings is 3. The van der Waals surface area contributed by atoms with Crippen molar-refractivity contribution in [2.24, 2.45) is 0 Å². The summed E-state index contributed by atoms with van der Waals surface area (Å²) in [4.78, 5) is 0.0539. The smallest absolute Gasteiger partial charge is 0.240 e. The van der Waals surface area contributed by atoms with Gasteiger partial charge in [-0.05, 0) is 30.3 Å². The van der Waals surface area contributed by atoms with Crippen molar-refractivity contribution in [1.29, 1.82) is 5.26 Å². The highest BCUT2D eigenvalue weighted by atomic mass is 32.2. The Kier molecular flexibility index (Phi) is 5.44. The molecule has 4 rings (SSSR count). The number of nitrogens with zero attached hydrogens (tertiary/aromatic N) is 3. The van der Waals surface area contributed by atoms with Gasteiger partial charge in [-0.3, -0.25) is 0 Å². The van der Waals surface area contributed by atoms with E-state index in [9.17, 15) is 8.42 Å². The van der Waals surface area contributed by atoms with E-state index in [0.29, 0.717) is 11.3 Å². The summed E-state index contributed by atoms with van der Waals surface area (Å²) in [6.07, 6.45) is 1.83. The van der Waals surface area contributed by atoms with Crippen LogP contribution in [0.3, 0.4) is 0 Å². The minimum Gasteiger partial charge on any atom is -0.240 e. The molecule has 0 spiro atoms. The molecule has 4 aromatic rings. The van der Waals surface area contributed by atoms with Gasteiger partial charge in [-0.15, -0.1) is 0 Å². The van der Waals surface area contributed by atoms with Crippen LogP contribution < -0.4 is 4.72 Å². The Hall–Kier alpha value is -3.73. The van der Waals surface area contributed by atoms with E-state index in [1.807, 2.05) is 72.9 Å². The lowest BCUT2D eigenvalue weighted by Gasteiger charge is -2.07. The molecule has 7 heteroatoms. The third-order valence-electron chi connectivity index (χ3n) is 4.58. The van der Waals surface area contributed by atoms with Crippen molar-refractivity contribution in [1.82, 2.24) is 14.5 Å². The SMILES string of the molecule is N#Cc1cccc(S(=O)(=O)NCc2cn(-c3ccccc3)nc2-c2ccccc2)c1. The number of nitriles is 1. The fourth-order valence-electron chi connectivity index (χ4n) is 3.08. The monoisotopic (exact) mass is 414 g/mol. The minimum absolute atomic E-state index is 0.0539. The van der Waals surface area contributed by atoms with Gasteiger partial charge in [0.25, 0.3) is 0 Å². The number of hydrogen-bond acceptors (Lipinski definition) is 4. The Bertz CT molecular complexity index is 1310. The standard InChI is InChI=1S/C23H18N4O2S/c24-15-18-8-7-13-22(14-18)30(28,29)25-16-20-17-27(21-11-5-2-6-12-21)26-23(20)19-9-3-1-4-10-19/h1-14,17,25H,16H2. The van der Waals surface area contributed by atoms with E-state index in [1.54, 1.807) is 16.8 Å². The van der Waals surface area contributed by atoms with E-state index in [0.717, 1.165) is 16.8 Å². The van der Waals surface area contributed by atoms with E-state index < -0.39 is 10.0 Å². The average molecular weight is 414 g/mol. The summed E-state index contributed by atoms with van der Waals surface area (Å²) in [6, 6.07) is 27.2. The molecule has 0 aliphatic rings. The molecule has 0 bridgehead atoms. The first-order chi connectivity index (χ1) is 14.6. The molecular formula is C23H18N4O2S. The van der Waals surface area contributed by atoms with Crippen LogP contribution in [0.1, 0.15) is 11.1 Å². The molecular weight excluding hydrogens is 396 g/mol. The Labute approximate surface area is 175 Å². The summed E-state index contributed by atoms with van der Waals surface area (Å²) in [5, 5.41) is 13.7. The van der Waals surface area contributed by atoms with E-state index in [4.69, 9.17) is 10.4 Å². The van der Waals surface area contributed by atoms with Gasteiger partial charge in [0.15, 0.2) is 0 Å². The van der Waals surface area contributed by atoms with Crippen LogP contribution in [-0.4, -0.2) is 18.2 Å². The van der Waals surface area contributed by atoms with Crippen LogP contribution in [0.5, 0.6) is 0 Å². The maximum atomic E-state index is 12.8. The molecule has 3 aromatic carbocycles. The van der Waals surface area contributed by atoms with Crippen molar-refractivity contribution in [3.63, 3.8) is 0 Å². The number of hydrogen-bond donors (Lipinski definition) is 1. The molecule has 0 unspecified atom stereocenters. The van der Waals surface area contributed by atoms with Crippen LogP contribution in [0.25, 0.3) is 16.9 Å². The fraction of sp³-hybridized carbons (Fsp3) is 0.0435. The fourth-order valence-corrected chi connectivity index (χ4v) is 4.13. The predicted octanol–water partition coefficient (Wildman–Crippen LogP) is 3.89. The second-order valence-electron chi connectivity index (χ2n) is 6.61. The van der Waals surface area contributed by atoms with Gasteiger partial charge in [-0.1, -0.05) is 54.6 Å². The van der Waals surface area contributed by atoms with Crippen LogP contribution in [0.2, 0.25) is 0 Å². The van der Waals surface area contributed by atoms with Crippen molar-refractivity contribution in [3.05, 3.63) is 102 Å². The van der Waals surface area contributed by atoms with E-state index in [-0.39, 0.29) is 11.4 Å². The lowest BCUT2D eigenvalue weighted by Crippen LogP contribution is -2.23. The molecule has 6 nitrogen and oxygen atoms in total. The lowest BCUT2D eigenvalue weighted by atomic mass is 10.1. The first-order valence-electron chi connectivity index (χ1n) is 9.26. The zero-order valence-corrected chi connectivity index (χ0v) is 16.8. The maximum Gasteiger partial charge on any atom is 0.240 e. The molecule has 0 amide bonds. The van der Waals surface area contributed by atoms with Gasteiger partial charge >= 0.3 is 0 Å². The molecule has 0 aliphatic carbocycles. The second kappa shape index (κ2) is 8.33. The third kappa shape index (κ3) is 4.15. The summed E-state index contributed by atoms with van der Waals surface area (Å²) < 4.78 is 29.9. The van der Waals surface area contributed by atoms with E-state index in [2.05, 4.69) is 4.72 Å². The number of para-hydroxylation sites is 1. The zero-order chi connectivity index (χ0) is 21.0. The quantitative estimate of drug-likeness (QED) is 0.518. The summed E-state index contributed by atoms with van der Waals surface area (Å²) in [7, 11) is -3.78. The highest BCUT2D eigenvalue weighted by Gasteiger charge is 2.18. The first kappa shape index (κ1) is 19.6. The van der Waals surface area contributed by atoms with Crippen LogP contribution in [0, 0.1) is 11.3 Å². The molecule has 0 saturated heterocycles. The highest BCUT2D eigenvalue weighted by Crippen LogP contribution is 2.24. The number of nitrogens with one attached hydrogen (secondary N) is 1. The Morgan fingerprint density at radius 1 is 0.933 bits per heavy atom. The van der Waals surface area contributed by atoms with Gasteiger partial charge in [0, 0.05) is 23.9 Å². The van der Waals surface area contributed by atoms with Gasteiger partial charge in [0.1, 0.15) is 0 Å². The molecule has 0 atom stereocenters. The normalized spacial score (nSPS) is 11.2. The Morgan fingerprint density at radius 3 is 2.33 bits per heavy atom. The molecule has 148 valence electrons. The van der Waals surface area contributed by atoms with Crippen LogP contribution in [-0.2, 0) is 16.6 Å². The van der Waals surface area contributed by atoms with Crippen LogP contribution in [0.4, 0.5) is 0 Å². The van der Waals surface area contributed by atoms with Gasteiger partial charge in [-0.2, -0.15) is 10.4 Å². The van der Waals surface area contributed by atoms with Gasteiger partial charge in [0.05, 0.1) is 27.9 Å². The van der Waals surface area contributed by atoms with Crippen molar-refractivity contribution < 1.29 is 8.42 Å². The largest absolute Gasteiger partial charge is 0.240 e. The number of sulfonamides is 1. The summed E-state index contributed by atoms with van der Waals surface area (Å²) >= 11 is 0. The number of aromatic nitrogens is 2. The van der Waals surface area contributed by atoms with Crippen molar-refractivity contribution >= 4 is 10.0 Å². The first-order valence-corrected chi connectivity index (χ1v) is 10.7. The zero-order valence-electron chi connectivity index (χ0n) is 15.9. The van der Waals surface area contributed by atoms with Gasteiger partial charge in [-0.25, -0.2) is 17.8 Å². The maximum absolute atomic E-state index is 12.8. The molecule has 0 saturated carbocycles. The Balaban J connectivity index is 1.68. The van der Waals surface area contributed by atoms with Gasteiger partial charge in [0.2, 0.25) is 10.0 Å². The van der Waals surface area contributed by atoms with Gasteiger partial charge < -0.3 is 0 Å². The lowest BCUT2D eigenvalue weighted by molar-refractivity contribution is 0.581. The average Bonchev–Trinajstić information content (AvgIpc) is 3.23. The molecule has 30 heavy (non-hydrogen) atoms. The van der Waals surface area contributed by atoms with Crippen LogP contribution >= 0.6 is 0 Å². The molecule has 0 radical (unpaired) electrons.